The summed E-state index contributed by atoms with van der Waals surface area (Å²) in [5.41, 5.74) is 1.79. The molecule has 156 valence electrons. The molecule has 1 saturated heterocycles. The van der Waals surface area contributed by atoms with E-state index in [2.05, 4.69) is 32.6 Å². The number of piperidine rings is 1. The van der Waals surface area contributed by atoms with Crippen molar-refractivity contribution in [2.45, 2.75) is 64.7 Å². The highest BCUT2D eigenvalue weighted by Gasteiger charge is 2.37. The first-order valence-electron chi connectivity index (χ1n) is 8.98. The van der Waals surface area contributed by atoms with Crippen LogP contribution >= 0.6 is 12.4 Å². The second kappa shape index (κ2) is 8.60. The molecule has 0 aromatic carbocycles. The zero-order chi connectivity index (χ0) is 19.8. The number of alkyl halides is 3. The third kappa shape index (κ3) is 4.91. The zero-order valence-corrected chi connectivity index (χ0v) is 16.7. The fraction of sp³-hybridized carbons (Fsp3) is 0.647. The number of aryl methyl sites for hydroxylation is 2. The minimum atomic E-state index is -4.62. The second-order valence-electron chi connectivity index (χ2n) is 7.05. The van der Waals surface area contributed by atoms with E-state index in [1.165, 1.54) is 0 Å². The Balaban J connectivity index is 0.00000280. The average Bonchev–Trinajstić information content (AvgIpc) is 2.99. The number of fused-ring (bicyclic) bond motifs is 1. The van der Waals surface area contributed by atoms with Crippen LogP contribution in [0.1, 0.15) is 49.0 Å². The van der Waals surface area contributed by atoms with Crippen molar-refractivity contribution in [3.63, 3.8) is 0 Å². The number of nitrogens with one attached hydrogen (secondary N) is 2. The summed E-state index contributed by atoms with van der Waals surface area (Å²) in [6.07, 6.45) is -2.22. The van der Waals surface area contributed by atoms with E-state index in [0.717, 1.165) is 29.5 Å². The fourth-order valence-electron chi connectivity index (χ4n) is 3.49. The highest BCUT2D eigenvalue weighted by molar-refractivity contribution is 5.85. The standard InChI is InChI=1S/C17H23F3N6O.ClH/c1-9-8-12(6-7-21-9)23-14(27)5-4-13-10(2)22-16-24-15(17(18,19)20)25-26(16)11(13)3;/h9,12,21H,4-8H2,1-3H3,(H,23,27);1H. The van der Waals surface area contributed by atoms with E-state index in [1.807, 2.05) is 0 Å². The summed E-state index contributed by atoms with van der Waals surface area (Å²) < 4.78 is 39.6. The summed E-state index contributed by atoms with van der Waals surface area (Å²) in [6, 6.07) is 0.525. The van der Waals surface area contributed by atoms with Crippen LogP contribution in [0.4, 0.5) is 13.2 Å². The Morgan fingerprint density at radius 2 is 2.04 bits per heavy atom. The number of carbonyl (C=O) groups excluding carboxylic acids is 1. The summed E-state index contributed by atoms with van der Waals surface area (Å²) in [6.45, 7) is 6.33. The number of hydrogen-bond acceptors (Lipinski definition) is 5. The van der Waals surface area contributed by atoms with Gasteiger partial charge in [0.1, 0.15) is 0 Å². The Kier molecular flexibility index (Phi) is 6.87. The molecular weight excluding hydrogens is 397 g/mol. The molecule has 28 heavy (non-hydrogen) atoms. The molecule has 1 aliphatic rings. The van der Waals surface area contributed by atoms with Crippen molar-refractivity contribution < 1.29 is 18.0 Å². The van der Waals surface area contributed by atoms with Crippen molar-refractivity contribution in [3.05, 3.63) is 22.8 Å². The van der Waals surface area contributed by atoms with Gasteiger partial charge in [-0.25, -0.2) is 9.50 Å². The number of amides is 1. The molecule has 2 N–H and O–H groups in total. The van der Waals surface area contributed by atoms with Gasteiger partial charge in [0.05, 0.1) is 0 Å². The molecule has 3 heterocycles. The molecule has 2 atom stereocenters. The maximum atomic E-state index is 12.8. The van der Waals surface area contributed by atoms with E-state index in [1.54, 1.807) is 13.8 Å². The first-order valence-corrected chi connectivity index (χ1v) is 8.98. The van der Waals surface area contributed by atoms with Crippen molar-refractivity contribution in [3.8, 4) is 0 Å². The van der Waals surface area contributed by atoms with Crippen LogP contribution in [0.15, 0.2) is 0 Å². The molecule has 3 rings (SSSR count). The molecule has 1 aliphatic heterocycles. The zero-order valence-electron chi connectivity index (χ0n) is 15.9. The topological polar surface area (TPSA) is 84.2 Å². The Bertz CT molecular complexity index is 854. The predicted octanol–water partition coefficient (Wildman–Crippen LogP) is 2.37. The summed E-state index contributed by atoms with van der Waals surface area (Å²) in [5.74, 6) is -1.37. The summed E-state index contributed by atoms with van der Waals surface area (Å²) >= 11 is 0. The number of aromatic nitrogens is 4. The Labute approximate surface area is 166 Å². The first-order chi connectivity index (χ1) is 12.6. The number of rotatable bonds is 4. The van der Waals surface area contributed by atoms with E-state index < -0.39 is 12.0 Å². The maximum absolute atomic E-state index is 12.8. The van der Waals surface area contributed by atoms with Crippen LogP contribution in [0.5, 0.6) is 0 Å². The quantitative estimate of drug-likeness (QED) is 0.793. The third-order valence-corrected chi connectivity index (χ3v) is 4.89. The summed E-state index contributed by atoms with van der Waals surface area (Å²) in [5, 5.41) is 9.89. The normalized spacial score (nSPS) is 20.1. The molecule has 11 heteroatoms. The lowest BCUT2D eigenvalue weighted by molar-refractivity contribution is -0.144. The molecule has 1 amide bonds. The van der Waals surface area contributed by atoms with Crippen LogP contribution in [0, 0.1) is 13.8 Å². The van der Waals surface area contributed by atoms with Gasteiger partial charge in [-0.1, -0.05) is 0 Å². The molecule has 2 aromatic rings. The van der Waals surface area contributed by atoms with Crippen LogP contribution in [0.25, 0.3) is 5.78 Å². The van der Waals surface area contributed by atoms with Gasteiger partial charge >= 0.3 is 6.18 Å². The molecule has 0 saturated carbocycles. The first kappa shape index (κ1) is 22.4. The number of halogens is 4. The van der Waals surface area contributed by atoms with Crippen LogP contribution < -0.4 is 10.6 Å². The van der Waals surface area contributed by atoms with Gasteiger partial charge in [0, 0.05) is 29.9 Å². The molecular formula is C17H24ClF3N6O. The Morgan fingerprint density at radius 1 is 1.32 bits per heavy atom. The van der Waals surface area contributed by atoms with E-state index in [4.69, 9.17) is 0 Å². The van der Waals surface area contributed by atoms with Crippen LogP contribution in [-0.4, -0.2) is 44.1 Å². The van der Waals surface area contributed by atoms with E-state index in [0.29, 0.717) is 23.9 Å². The molecule has 7 nitrogen and oxygen atoms in total. The van der Waals surface area contributed by atoms with Crippen molar-refractivity contribution in [2.75, 3.05) is 6.54 Å². The van der Waals surface area contributed by atoms with E-state index in [-0.39, 0.29) is 36.6 Å². The maximum Gasteiger partial charge on any atom is 0.453 e. The molecule has 1 fully saturated rings. The molecule has 0 radical (unpaired) electrons. The Morgan fingerprint density at radius 3 is 2.68 bits per heavy atom. The van der Waals surface area contributed by atoms with E-state index in [9.17, 15) is 18.0 Å². The largest absolute Gasteiger partial charge is 0.453 e. The minimum Gasteiger partial charge on any atom is -0.353 e. The number of hydrogen-bond donors (Lipinski definition) is 2. The van der Waals surface area contributed by atoms with Crippen molar-refractivity contribution in [2.24, 2.45) is 0 Å². The average molecular weight is 421 g/mol. The van der Waals surface area contributed by atoms with Crippen LogP contribution in [-0.2, 0) is 17.4 Å². The molecule has 0 aliphatic carbocycles. The van der Waals surface area contributed by atoms with Gasteiger partial charge < -0.3 is 10.6 Å². The smallest absolute Gasteiger partial charge is 0.353 e. The molecule has 0 bridgehead atoms. The Hall–Kier alpha value is -1.94. The van der Waals surface area contributed by atoms with Crippen molar-refractivity contribution in [1.29, 1.82) is 0 Å². The lowest BCUT2D eigenvalue weighted by Crippen LogP contribution is -2.46. The lowest BCUT2D eigenvalue weighted by atomic mass is 10.00. The monoisotopic (exact) mass is 420 g/mol. The minimum absolute atomic E-state index is 0. The van der Waals surface area contributed by atoms with Gasteiger partial charge in [-0.2, -0.15) is 18.2 Å². The third-order valence-electron chi connectivity index (χ3n) is 4.89. The van der Waals surface area contributed by atoms with Gasteiger partial charge in [-0.3, -0.25) is 4.79 Å². The van der Waals surface area contributed by atoms with Gasteiger partial charge in [0.15, 0.2) is 0 Å². The fourth-order valence-corrected chi connectivity index (χ4v) is 3.49. The van der Waals surface area contributed by atoms with Gasteiger partial charge in [0.2, 0.25) is 5.91 Å². The van der Waals surface area contributed by atoms with Crippen LogP contribution in [0.2, 0.25) is 0 Å². The predicted molar refractivity (Wildman–Crippen MR) is 99.5 cm³/mol. The van der Waals surface area contributed by atoms with Crippen molar-refractivity contribution in [1.82, 2.24) is 30.2 Å². The highest BCUT2D eigenvalue weighted by Crippen LogP contribution is 2.27. The number of carbonyl (C=O) groups is 1. The van der Waals surface area contributed by atoms with Gasteiger partial charge in [-0.15, -0.1) is 17.5 Å². The summed E-state index contributed by atoms with van der Waals surface area (Å²) in [7, 11) is 0. The van der Waals surface area contributed by atoms with Crippen LogP contribution in [0.3, 0.4) is 0 Å². The van der Waals surface area contributed by atoms with Gasteiger partial charge in [0.25, 0.3) is 11.6 Å². The lowest BCUT2D eigenvalue weighted by Gasteiger charge is -2.28. The summed E-state index contributed by atoms with van der Waals surface area (Å²) in [4.78, 5) is 19.9. The van der Waals surface area contributed by atoms with E-state index >= 15 is 0 Å². The SMILES string of the molecule is Cc1nc2nc(C(F)(F)F)nn2c(C)c1CCC(=O)NC1CCNC(C)C1.Cl. The highest BCUT2D eigenvalue weighted by atomic mass is 35.5. The number of nitrogens with zero attached hydrogens (tertiary/aromatic N) is 4. The second-order valence-corrected chi connectivity index (χ2v) is 7.05. The molecule has 2 unspecified atom stereocenters. The van der Waals surface area contributed by atoms with Crippen molar-refractivity contribution >= 4 is 24.1 Å². The molecule has 2 aromatic heterocycles. The van der Waals surface area contributed by atoms with Gasteiger partial charge in [-0.05, 0) is 52.1 Å². The molecule has 0 spiro atoms.